The van der Waals surface area contributed by atoms with Gasteiger partial charge in [0.05, 0.1) is 11.3 Å². The van der Waals surface area contributed by atoms with Gasteiger partial charge in [0.15, 0.2) is 0 Å². The number of nitrogens with one attached hydrogen (secondary N) is 1. The summed E-state index contributed by atoms with van der Waals surface area (Å²) in [5.74, 6) is 0.509. The molecule has 0 spiro atoms. The summed E-state index contributed by atoms with van der Waals surface area (Å²) >= 11 is 1.44. The minimum Gasteiger partial charge on any atom is -0.326 e. The monoisotopic (exact) mass is 401 g/mol. The SMILES string of the molecule is Cc1ccc(-c2ccc(C#N)c(SCCC(=O)Nc3cc(C)ccc3C)n2)cc1. The fourth-order valence-corrected chi connectivity index (χ4v) is 3.76. The van der Waals surface area contributed by atoms with Gasteiger partial charge in [0.2, 0.25) is 5.91 Å². The Kier molecular flexibility index (Phi) is 6.69. The Hall–Kier alpha value is -3.10. The van der Waals surface area contributed by atoms with E-state index in [4.69, 9.17) is 0 Å². The summed E-state index contributed by atoms with van der Waals surface area (Å²) in [4.78, 5) is 17.0. The maximum Gasteiger partial charge on any atom is 0.225 e. The average Bonchev–Trinajstić information content (AvgIpc) is 2.71. The lowest BCUT2D eigenvalue weighted by molar-refractivity contribution is -0.115. The zero-order valence-corrected chi connectivity index (χ0v) is 17.6. The summed E-state index contributed by atoms with van der Waals surface area (Å²) < 4.78 is 0. The third-order valence-corrected chi connectivity index (χ3v) is 5.56. The summed E-state index contributed by atoms with van der Waals surface area (Å²) in [6, 6.07) is 20.0. The largest absolute Gasteiger partial charge is 0.326 e. The van der Waals surface area contributed by atoms with E-state index >= 15 is 0 Å². The van der Waals surface area contributed by atoms with Gasteiger partial charge in [-0.05, 0) is 50.1 Å². The lowest BCUT2D eigenvalue weighted by Gasteiger charge is -2.10. The van der Waals surface area contributed by atoms with E-state index in [1.165, 1.54) is 17.3 Å². The molecule has 1 amide bonds. The van der Waals surface area contributed by atoms with Gasteiger partial charge < -0.3 is 5.32 Å². The number of carbonyl (C=O) groups excluding carboxylic acids is 1. The van der Waals surface area contributed by atoms with Crippen LogP contribution in [0.15, 0.2) is 59.6 Å². The van der Waals surface area contributed by atoms with Crippen molar-refractivity contribution in [3.63, 3.8) is 0 Å². The second-order valence-electron chi connectivity index (χ2n) is 6.99. The van der Waals surface area contributed by atoms with Crippen molar-refractivity contribution in [2.24, 2.45) is 0 Å². The van der Waals surface area contributed by atoms with Crippen LogP contribution in [0.1, 0.15) is 28.7 Å². The smallest absolute Gasteiger partial charge is 0.225 e. The number of thioether (sulfide) groups is 1. The van der Waals surface area contributed by atoms with Gasteiger partial charge in [0, 0.05) is 23.4 Å². The number of hydrogen-bond donors (Lipinski definition) is 1. The topological polar surface area (TPSA) is 65.8 Å². The van der Waals surface area contributed by atoms with Crippen molar-refractivity contribution in [2.75, 3.05) is 11.1 Å². The number of nitriles is 1. The minimum atomic E-state index is -0.0422. The summed E-state index contributed by atoms with van der Waals surface area (Å²) in [6.45, 7) is 6.02. The molecule has 29 heavy (non-hydrogen) atoms. The first-order valence-corrected chi connectivity index (χ1v) is 10.4. The Bertz CT molecular complexity index is 1070. The number of aryl methyl sites for hydroxylation is 3. The normalized spacial score (nSPS) is 10.4. The first-order valence-electron chi connectivity index (χ1n) is 9.44. The maximum absolute atomic E-state index is 12.3. The molecule has 0 aliphatic rings. The van der Waals surface area contributed by atoms with E-state index in [9.17, 15) is 10.1 Å². The molecule has 1 aromatic heterocycles. The quantitative estimate of drug-likeness (QED) is 0.541. The van der Waals surface area contributed by atoms with Gasteiger partial charge >= 0.3 is 0 Å². The van der Waals surface area contributed by atoms with E-state index in [-0.39, 0.29) is 5.91 Å². The summed E-state index contributed by atoms with van der Waals surface area (Å²) in [5.41, 5.74) is 6.54. The van der Waals surface area contributed by atoms with Crippen molar-refractivity contribution in [1.29, 1.82) is 5.26 Å². The number of amides is 1. The van der Waals surface area contributed by atoms with Crippen molar-refractivity contribution < 1.29 is 4.79 Å². The number of hydrogen-bond acceptors (Lipinski definition) is 4. The lowest BCUT2D eigenvalue weighted by atomic mass is 10.1. The highest BCUT2D eigenvalue weighted by atomic mass is 32.2. The molecule has 146 valence electrons. The molecule has 2 aromatic carbocycles. The molecule has 3 rings (SSSR count). The number of pyridine rings is 1. The van der Waals surface area contributed by atoms with Crippen LogP contribution in [0.4, 0.5) is 5.69 Å². The van der Waals surface area contributed by atoms with Gasteiger partial charge in [-0.15, -0.1) is 11.8 Å². The van der Waals surface area contributed by atoms with Crippen LogP contribution in [0.2, 0.25) is 0 Å². The molecular formula is C24H23N3OS. The van der Waals surface area contributed by atoms with Gasteiger partial charge in [-0.1, -0.05) is 42.0 Å². The van der Waals surface area contributed by atoms with Gasteiger partial charge in [0.25, 0.3) is 0 Å². The third kappa shape index (κ3) is 5.46. The minimum absolute atomic E-state index is 0.0422. The molecule has 0 fully saturated rings. The summed E-state index contributed by atoms with van der Waals surface area (Å²) in [7, 11) is 0. The second kappa shape index (κ2) is 9.40. The lowest BCUT2D eigenvalue weighted by Crippen LogP contribution is -2.13. The molecular weight excluding hydrogens is 378 g/mol. The van der Waals surface area contributed by atoms with Crippen LogP contribution in [0.3, 0.4) is 0 Å². The van der Waals surface area contributed by atoms with Crippen molar-refractivity contribution in [3.05, 3.63) is 76.9 Å². The van der Waals surface area contributed by atoms with Crippen molar-refractivity contribution in [2.45, 2.75) is 32.2 Å². The van der Waals surface area contributed by atoms with Gasteiger partial charge in [0.1, 0.15) is 11.1 Å². The number of rotatable bonds is 6. The number of benzene rings is 2. The van der Waals surface area contributed by atoms with Crippen LogP contribution in [-0.4, -0.2) is 16.6 Å². The van der Waals surface area contributed by atoms with Crippen LogP contribution in [-0.2, 0) is 4.79 Å². The number of nitrogens with zero attached hydrogens (tertiary/aromatic N) is 2. The van der Waals surface area contributed by atoms with E-state index in [2.05, 4.69) is 16.4 Å². The highest BCUT2D eigenvalue weighted by Crippen LogP contribution is 2.26. The molecule has 0 saturated heterocycles. The molecule has 3 aromatic rings. The van der Waals surface area contributed by atoms with Crippen LogP contribution in [0.5, 0.6) is 0 Å². The van der Waals surface area contributed by atoms with Crippen molar-refractivity contribution >= 4 is 23.4 Å². The van der Waals surface area contributed by atoms with Crippen molar-refractivity contribution in [1.82, 2.24) is 4.98 Å². The highest BCUT2D eigenvalue weighted by molar-refractivity contribution is 7.99. The predicted molar refractivity (Wildman–Crippen MR) is 119 cm³/mol. The average molecular weight is 402 g/mol. The summed E-state index contributed by atoms with van der Waals surface area (Å²) in [6.07, 6.45) is 0.347. The van der Waals surface area contributed by atoms with E-state index in [0.29, 0.717) is 22.8 Å². The van der Waals surface area contributed by atoms with Crippen molar-refractivity contribution in [3.8, 4) is 17.3 Å². The van der Waals surface area contributed by atoms with Gasteiger partial charge in [-0.25, -0.2) is 4.98 Å². The molecule has 5 heteroatoms. The van der Waals surface area contributed by atoms with Crippen LogP contribution in [0, 0.1) is 32.1 Å². The van der Waals surface area contributed by atoms with Crippen LogP contribution in [0.25, 0.3) is 11.3 Å². The van der Waals surface area contributed by atoms with Crippen LogP contribution < -0.4 is 5.32 Å². The first-order chi connectivity index (χ1) is 14.0. The highest BCUT2D eigenvalue weighted by Gasteiger charge is 2.10. The number of anilines is 1. The molecule has 0 aliphatic carbocycles. The van der Waals surface area contributed by atoms with Crippen LogP contribution >= 0.6 is 11.8 Å². The summed E-state index contributed by atoms with van der Waals surface area (Å²) in [5, 5.41) is 13.0. The Morgan fingerprint density at radius 1 is 1.03 bits per heavy atom. The van der Waals surface area contributed by atoms with E-state index in [1.54, 1.807) is 6.07 Å². The van der Waals surface area contributed by atoms with E-state index in [0.717, 1.165) is 28.1 Å². The van der Waals surface area contributed by atoms with E-state index < -0.39 is 0 Å². The zero-order valence-electron chi connectivity index (χ0n) is 16.8. The fourth-order valence-electron chi connectivity index (χ4n) is 2.84. The Balaban J connectivity index is 1.65. The Morgan fingerprint density at radius 3 is 2.48 bits per heavy atom. The number of carbonyl (C=O) groups is 1. The van der Waals surface area contributed by atoms with E-state index in [1.807, 2.05) is 69.3 Å². The Morgan fingerprint density at radius 2 is 1.76 bits per heavy atom. The van der Waals surface area contributed by atoms with Gasteiger partial charge in [-0.2, -0.15) is 5.26 Å². The molecule has 0 unspecified atom stereocenters. The molecule has 0 bridgehead atoms. The molecule has 4 nitrogen and oxygen atoms in total. The second-order valence-corrected chi connectivity index (χ2v) is 8.08. The number of aromatic nitrogens is 1. The molecule has 0 radical (unpaired) electrons. The molecule has 0 saturated carbocycles. The maximum atomic E-state index is 12.3. The Labute approximate surface area is 176 Å². The predicted octanol–water partition coefficient (Wildman–Crippen LogP) is 5.67. The van der Waals surface area contributed by atoms with Gasteiger partial charge in [-0.3, -0.25) is 4.79 Å². The zero-order chi connectivity index (χ0) is 20.8. The molecule has 1 N–H and O–H groups in total. The first kappa shape index (κ1) is 20.6. The standard InChI is InChI=1S/C24H23N3OS/c1-16-5-8-19(9-6-16)21-11-10-20(15-25)24(27-21)29-13-12-23(28)26-22-14-17(2)4-7-18(22)3/h4-11,14H,12-13H2,1-3H3,(H,26,28). The fraction of sp³-hybridized carbons (Fsp3) is 0.208. The molecule has 1 heterocycles. The third-order valence-electron chi connectivity index (χ3n) is 4.56. The molecule has 0 aliphatic heterocycles. The molecule has 0 atom stereocenters.